The van der Waals surface area contributed by atoms with Crippen molar-refractivity contribution in [3.63, 3.8) is 0 Å². The summed E-state index contributed by atoms with van der Waals surface area (Å²) in [7, 11) is 1.52. The van der Waals surface area contributed by atoms with Crippen LogP contribution in [0, 0.1) is 0 Å². The lowest BCUT2D eigenvalue weighted by atomic mass is 10.2. The van der Waals surface area contributed by atoms with Crippen molar-refractivity contribution in [1.29, 1.82) is 0 Å². The van der Waals surface area contributed by atoms with Gasteiger partial charge in [0.25, 0.3) is 0 Å². The predicted molar refractivity (Wildman–Crippen MR) is 103 cm³/mol. The van der Waals surface area contributed by atoms with Gasteiger partial charge < -0.3 is 14.8 Å². The summed E-state index contributed by atoms with van der Waals surface area (Å²) in [6, 6.07) is 13.8. The fraction of sp³-hybridized carbons (Fsp3) is 0.300. The van der Waals surface area contributed by atoms with E-state index in [-0.39, 0.29) is 12.5 Å². The number of ether oxygens (including phenoxy) is 2. The minimum Gasteiger partial charge on any atom is -0.495 e. The molecule has 2 aromatic carbocycles. The fourth-order valence-corrected chi connectivity index (χ4v) is 3.23. The molecule has 1 saturated heterocycles. The van der Waals surface area contributed by atoms with E-state index in [9.17, 15) is 9.59 Å². The molecule has 1 atom stereocenters. The second-order valence-corrected chi connectivity index (χ2v) is 6.66. The average molecular weight is 389 g/mol. The Morgan fingerprint density at radius 3 is 2.74 bits per heavy atom. The predicted octanol–water partition coefficient (Wildman–Crippen LogP) is 4.09. The smallest absolute Gasteiger partial charge is 0.410 e. The highest BCUT2D eigenvalue weighted by Gasteiger charge is 2.35. The van der Waals surface area contributed by atoms with Gasteiger partial charge in [-0.15, -0.1) is 0 Å². The molecule has 1 heterocycles. The largest absolute Gasteiger partial charge is 0.495 e. The molecule has 142 valence electrons. The molecule has 0 spiro atoms. The van der Waals surface area contributed by atoms with E-state index in [1.165, 1.54) is 12.0 Å². The van der Waals surface area contributed by atoms with Crippen LogP contribution in [-0.2, 0) is 16.1 Å². The van der Waals surface area contributed by atoms with Crippen molar-refractivity contribution in [2.75, 3.05) is 19.0 Å². The third-order valence-corrected chi connectivity index (χ3v) is 4.65. The van der Waals surface area contributed by atoms with Gasteiger partial charge in [0.2, 0.25) is 5.91 Å². The van der Waals surface area contributed by atoms with Gasteiger partial charge >= 0.3 is 6.09 Å². The molecule has 0 aromatic heterocycles. The van der Waals surface area contributed by atoms with Crippen molar-refractivity contribution >= 4 is 29.3 Å². The summed E-state index contributed by atoms with van der Waals surface area (Å²) in [5.74, 6) is 0.216. The van der Waals surface area contributed by atoms with E-state index in [0.29, 0.717) is 29.4 Å². The fourth-order valence-electron chi connectivity index (χ4n) is 3.05. The molecule has 27 heavy (non-hydrogen) atoms. The highest BCUT2D eigenvalue weighted by Crippen LogP contribution is 2.29. The molecule has 1 aliphatic rings. The normalized spacial score (nSPS) is 16.1. The lowest BCUT2D eigenvalue weighted by Crippen LogP contribution is -2.43. The van der Waals surface area contributed by atoms with Crippen molar-refractivity contribution in [2.45, 2.75) is 25.5 Å². The lowest BCUT2D eigenvalue weighted by Gasteiger charge is -2.23. The van der Waals surface area contributed by atoms with E-state index in [0.717, 1.165) is 12.0 Å². The van der Waals surface area contributed by atoms with Crippen LogP contribution in [0.25, 0.3) is 0 Å². The highest BCUT2D eigenvalue weighted by atomic mass is 35.5. The summed E-state index contributed by atoms with van der Waals surface area (Å²) >= 11 is 6.00. The average Bonchev–Trinajstić information content (AvgIpc) is 3.17. The van der Waals surface area contributed by atoms with E-state index >= 15 is 0 Å². The van der Waals surface area contributed by atoms with Crippen LogP contribution in [-0.4, -0.2) is 36.6 Å². The number of anilines is 1. The number of hydrogen-bond acceptors (Lipinski definition) is 4. The van der Waals surface area contributed by atoms with Crippen LogP contribution in [0.3, 0.4) is 0 Å². The number of rotatable bonds is 5. The first-order chi connectivity index (χ1) is 13.1. The molecule has 2 aromatic rings. The Labute approximate surface area is 163 Å². The molecule has 1 fully saturated rings. The number of benzene rings is 2. The van der Waals surface area contributed by atoms with Gasteiger partial charge in [-0.05, 0) is 36.6 Å². The van der Waals surface area contributed by atoms with Crippen molar-refractivity contribution < 1.29 is 19.1 Å². The van der Waals surface area contributed by atoms with Gasteiger partial charge in [-0.25, -0.2) is 4.79 Å². The number of hydrogen-bond donors (Lipinski definition) is 1. The Morgan fingerprint density at radius 2 is 2.00 bits per heavy atom. The number of likely N-dealkylation sites (tertiary alicyclic amines) is 1. The van der Waals surface area contributed by atoms with Gasteiger partial charge in [0.1, 0.15) is 18.4 Å². The van der Waals surface area contributed by atoms with Crippen LogP contribution >= 0.6 is 11.6 Å². The van der Waals surface area contributed by atoms with Gasteiger partial charge in [-0.3, -0.25) is 9.69 Å². The molecule has 0 radical (unpaired) electrons. The summed E-state index contributed by atoms with van der Waals surface area (Å²) in [4.78, 5) is 26.6. The molecular formula is C20H21ClN2O4. The Hall–Kier alpha value is -2.73. The van der Waals surface area contributed by atoms with Crippen LogP contribution < -0.4 is 10.1 Å². The zero-order valence-corrected chi connectivity index (χ0v) is 15.7. The molecule has 2 amide bonds. The molecular weight excluding hydrogens is 368 g/mol. The van der Waals surface area contributed by atoms with E-state index in [1.54, 1.807) is 18.2 Å². The summed E-state index contributed by atoms with van der Waals surface area (Å²) in [5, 5.41) is 3.29. The number of halogens is 1. The van der Waals surface area contributed by atoms with Crippen LogP contribution in [0.2, 0.25) is 5.02 Å². The maximum Gasteiger partial charge on any atom is 0.410 e. The van der Waals surface area contributed by atoms with Gasteiger partial charge in [0.15, 0.2) is 0 Å². The van der Waals surface area contributed by atoms with E-state index in [2.05, 4.69) is 5.32 Å². The topological polar surface area (TPSA) is 67.9 Å². The monoisotopic (exact) mass is 388 g/mol. The maximum atomic E-state index is 12.7. The van der Waals surface area contributed by atoms with Gasteiger partial charge in [0, 0.05) is 11.6 Å². The molecule has 6 nitrogen and oxygen atoms in total. The Morgan fingerprint density at radius 1 is 1.22 bits per heavy atom. The third-order valence-electron chi connectivity index (χ3n) is 4.41. The summed E-state index contributed by atoms with van der Waals surface area (Å²) < 4.78 is 10.6. The minimum atomic E-state index is -0.586. The van der Waals surface area contributed by atoms with E-state index < -0.39 is 12.1 Å². The number of amides is 2. The zero-order chi connectivity index (χ0) is 19.2. The van der Waals surface area contributed by atoms with Crippen LogP contribution in [0.4, 0.5) is 10.5 Å². The molecule has 0 aliphatic carbocycles. The SMILES string of the molecule is COc1ccc(Cl)cc1NC(=O)[C@H]1CCCN1C(=O)OCc1ccccc1. The Kier molecular flexibility index (Phi) is 6.19. The third kappa shape index (κ3) is 4.71. The standard InChI is InChI=1S/C20H21ClN2O4/c1-26-18-10-9-15(21)12-16(18)22-19(24)17-8-5-11-23(17)20(25)27-13-14-6-3-2-4-7-14/h2-4,6-7,9-10,12,17H,5,8,11,13H2,1H3,(H,22,24)/t17-/m1/s1. The van der Waals surface area contributed by atoms with E-state index in [4.69, 9.17) is 21.1 Å². The number of methoxy groups -OCH3 is 1. The van der Waals surface area contributed by atoms with Crippen LogP contribution in [0.15, 0.2) is 48.5 Å². The molecule has 0 saturated carbocycles. The summed E-state index contributed by atoms with van der Waals surface area (Å²) in [6.07, 6.45) is 0.829. The highest BCUT2D eigenvalue weighted by molar-refractivity contribution is 6.31. The van der Waals surface area contributed by atoms with Crippen LogP contribution in [0.5, 0.6) is 5.75 Å². The Bertz CT molecular complexity index is 813. The molecule has 3 rings (SSSR count). The van der Waals surface area contributed by atoms with Gasteiger partial charge in [-0.2, -0.15) is 0 Å². The van der Waals surface area contributed by atoms with Gasteiger partial charge in [-0.1, -0.05) is 41.9 Å². The Balaban J connectivity index is 1.64. The second-order valence-electron chi connectivity index (χ2n) is 6.23. The molecule has 7 heteroatoms. The first-order valence-corrected chi connectivity index (χ1v) is 9.08. The van der Waals surface area contributed by atoms with Crippen LogP contribution in [0.1, 0.15) is 18.4 Å². The first kappa shape index (κ1) is 19.0. The number of nitrogens with one attached hydrogen (secondary N) is 1. The molecule has 1 aliphatic heterocycles. The maximum absolute atomic E-state index is 12.7. The number of carbonyl (C=O) groups is 2. The molecule has 1 N–H and O–H groups in total. The molecule has 0 unspecified atom stereocenters. The van der Waals surface area contributed by atoms with Crippen molar-refractivity contribution in [2.24, 2.45) is 0 Å². The quantitative estimate of drug-likeness (QED) is 0.837. The van der Waals surface area contributed by atoms with E-state index in [1.807, 2.05) is 30.3 Å². The van der Waals surface area contributed by atoms with Crippen molar-refractivity contribution in [3.8, 4) is 5.75 Å². The minimum absolute atomic E-state index is 0.173. The van der Waals surface area contributed by atoms with Crippen molar-refractivity contribution in [1.82, 2.24) is 4.90 Å². The van der Waals surface area contributed by atoms with Gasteiger partial charge in [0.05, 0.1) is 12.8 Å². The number of nitrogens with zero attached hydrogens (tertiary/aromatic N) is 1. The summed E-state index contributed by atoms with van der Waals surface area (Å²) in [6.45, 7) is 0.658. The lowest BCUT2D eigenvalue weighted by molar-refractivity contribution is -0.120. The second kappa shape index (κ2) is 8.77. The zero-order valence-electron chi connectivity index (χ0n) is 15.0. The molecule has 0 bridgehead atoms. The van der Waals surface area contributed by atoms with Crippen molar-refractivity contribution in [3.05, 3.63) is 59.1 Å². The summed E-state index contributed by atoms with van der Waals surface area (Å²) in [5.41, 5.74) is 1.37. The number of carbonyl (C=O) groups excluding carboxylic acids is 2. The first-order valence-electron chi connectivity index (χ1n) is 8.70.